The molecule has 2 aromatic rings. The second-order valence-electron chi connectivity index (χ2n) is 8.06. The first-order chi connectivity index (χ1) is 14.0. The predicted molar refractivity (Wildman–Crippen MR) is 118 cm³/mol. The van der Waals surface area contributed by atoms with Gasteiger partial charge in [-0.15, -0.1) is 0 Å². The summed E-state index contributed by atoms with van der Waals surface area (Å²) in [5, 5.41) is 3.63. The van der Waals surface area contributed by atoms with Crippen molar-refractivity contribution in [1.29, 1.82) is 0 Å². The first kappa shape index (κ1) is 20.0. The molecule has 2 aliphatic rings. The van der Waals surface area contributed by atoms with E-state index in [-0.39, 0.29) is 5.91 Å². The summed E-state index contributed by atoms with van der Waals surface area (Å²) in [5.74, 6) is 0.895. The van der Waals surface area contributed by atoms with Gasteiger partial charge in [0.25, 0.3) is 0 Å². The summed E-state index contributed by atoms with van der Waals surface area (Å²) < 4.78 is 5.94. The Labute approximate surface area is 177 Å². The van der Waals surface area contributed by atoms with E-state index in [0.29, 0.717) is 25.1 Å². The lowest BCUT2D eigenvalue weighted by Gasteiger charge is -2.45. The molecule has 2 aliphatic heterocycles. The minimum atomic E-state index is 0.0536. The summed E-state index contributed by atoms with van der Waals surface area (Å²) in [7, 11) is 0. The molecule has 0 aliphatic carbocycles. The van der Waals surface area contributed by atoms with Gasteiger partial charge in [-0.1, -0.05) is 11.6 Å². The Balaban J connectivity index is 1.25. The van der Waals surface area contributed by atoms with Gasteiger partial charge < -0.3 is 15.0 Å². The average Bonchev–Trinajstić information content (AvgIpc) is 3.06. The van der Waals surface area contributed by atoms with Crippen LogP contribution in [-0.2, 0) is 11.2 Å². The van der Waals surface area contributed by atoms with Gasteiger partial charge in [0, 0.05) is 48.1 Å². The van der Waals surface area contributed by atoms with Crippen molar-refractivity contribution >= 4 is 28.9 Å². The monoisotopic (exact) mass is 413 g/mol. The number of rotatable bonds is 6. The van der Waals surface area contributed by atoms with Gasteiger partial charge in [0.2, 0.25) is 5.91 Å². The Bertz CT molecular complexity index is 859. The van der Waals surface area contributed by atoms with Gasteiger partial charge in [-0.25, -0.2) is 0 Å². The van der Waals surface area contributed by atoms with Gasteiger partial charge in [0.1, 0.15) is 5.75 Å². The number of fused-ring (bicyclic) bond motifs is 1. The fourth-order valence-electron chi connectivity index (χ4n) is 4.39. The van der Waals surface area contributed by atoms with E-state index in [4.69, 9.17) is 16.3 Å². The number of piperazine rings is 1. The Morgan fingerprint density at radius 3 is 2.55 bits per heavy atom. The van der Waals surface area contributed by atoms with Crippen LogP contribution in [0, 0.1) is 0 Å². The summed E-state index contributed by atoms with van der Waals surface area (Å²) in [4.78, 5) is 16.5. The van der Waals surface area contributed by atoms with Crippen LogP contribution in [0.15, 0.2) is 42.5 Å². The number of anilines is 2. The number of benzene rings is 2. The fraction of sp³-hybridized carbons (Fsp3) is 0.435. The van der Waals surface area contributed by atoms with E-state index in [1.54, 1.807) is 0 Å². The Kier molecular flexibility index (Phi) is 5.97. The highest BCUT2D eigenvalue weighted by molar-refractivity contribution is 6.30. The van der Waals surface area contributed by atoms with Crippen LogP contribution in [-0.4, -0.2) is 49.1 Å². The molecule has 2 atom stereocenters. The van der Waals surface area contributed by atoms with Crippen LogP contribution in [0.1, 0.15) is 25.8 Å². The van der Waals surface area contributed by atoms with Crippen molar-refractivity contribution in [1.82, 2.24) is 4.90 Å². The molecular formula is C23H28ClN3O2. The fourth-order valence-corrected chi connectivity index (χ4v) is 4.52. The third kappa shape index (κ3) is 4.68. The quantitative estimate of drug-likeness (QED) is 0.721. The van der Waals surface area contributed by atoms with Gasteiger partial charge in [0.15, 0.2) is 0 Å². The van der Waals surface area contributed by atoms with Crippen molar-refractivity contribution in [2.24, 2.45) is 0 Å². The molecule has 6 heteroatoms. The number of amides is 1. The first-order valence-corrected chi connectivity index (χ1v) is 10.7. The topological polar surface area (TPSA) is 44.8 Å². The molecule has 0 aromatic heterocycles. The molecule has 1 N–H and O–H groups in total. The number of carbonyl (C=O) groups excluding carboxylic acids is 1. The van der Waals surface area contributed by atoms with E-state index in [9.17, 15) is 4.79 Å². The van der Waals surface area contributed by atoms with Crippen LogP contribution in [0.4, 0.5) is 11.4 Å². The molecule has 0 radical (unpaired) electrons. The van der Waals surface area contributed by atoms with E-state index in [0.717, 1.165) is 48.1 Å². The third-order valence-corrected chi connectivity index (χ3v) is 6.08. The number of carbonyl (C=O) groups is 1. The van der Waals surface area contributed by atoms with Crippen LogP contribution in [0.2, 0.25) is 5.02 Å². The maximum absolute atomic E-state index is 11.5. The standard InChI is InChI=1S/C23H28ClN3O2/c1-16-14-26(20-6-4-19(24)5-7-20)15-17(2)27(16)10-3-11-29-21-8-9-22-18(12-21)13-23(28)25-22/h4-9,12,16-17H,3,10-11,13-15H2,1-2H3,(H,25,28)/t16-,17?/m1/s1. The maximum atomic E-state index is 11.5. The lowest BCUT2D eigenvalue weighted by Crippen LogP contribution is -2.57. The van der Waals surface area contributed by atoms with Gasteiger partial charge in [-0.3, -0.25) is 9.69 Å². The number of nitrogens with one attached hydrogen (secondary N) is 1. The molecular weight excluding hydrogens is 386 g/mol. The van der Waals surface area contributed by atoms with Crippen molar-refractivity contribution in [2.45, 2.75) is 38.8 Å². The maximum Gasteiger partial charge on any atom is 0.228 e. The second kappa shape index (κ2) is 8.64. The molecule has 1 unspecified atom stereocenters. The number of hydrogen-bond acceptors (Lipinski definition) is 4. The molecule has 0 saturated carbocycles. The molecule has 1 amide bonds. The van der Waals surface area contributed by atoms with Crippen LogP contribution >= 0.6 is 11.6 Å². The molecule has 0 bridgehead atoms. The number of hydrogen-bond donors (Lipinski definition) is 1. The first-order valence-electron chi connectivity index (χ1n) is 10.3. The highest BCUT2D eigenvalue weighted by Gasteiger charge is 2.29. The molecule has 0 spiro atoms. The molecule has 2 heterocycles. The van der Waals surface area contributed by atoms with Gasteiger partial charge in [0.05, 0.1) is 13.0 Å². The van der Waals surface area contributed by atoms with Crippen molar-refractivity contribution in [3.05, 3.63) is 53.1 Å². The van der Waals surface area contributed by atoms with E-state index >= 15 is 0 Å². The van der Waals surface area contributed by atoms with Crippen molar-refractivity contribution in [3.8, 4) is 5.75 Å². The molecule has 4 rings (SSSR count). The Morgan fingerprint density at radius 1 is 1.10 bits per heavy atom. The highest BCUT2D eigenvalue weighted by atomic mass is 35.5. The zero-order valence-corrected chi connectivity index (χ0v) is 17.8. The lowest BCUT2D eigenvalue weighted by molar-refractivity contribution is -0.115. The summed E-state index contributed by atoms with van der Waals surface area (Å²) in [6, 6.07) is 14.9. The summed E-state index contributed by atoms with van der Waals surface area (Å²) in [5.41, 5.74) is 3.16. The minimum absolute atomic E-state index is 0.0536. The smallest absolute Gasteiger partial charge is 0.228 e. The normalized spacial score (nSPS) is 21.8. The van der Waals surface area contributed by atoms with E-state index in [1.807, 2.05) is 30.3 Å². The SMILES string of the molecule is CC1CN(c2ccc(Cl)cc2)C[C@@H](C)N1CCCOc1ccc2c(c1)CC(=O)N2. The lowest BCUT2D eigenvalue weighted by atomic mass is 10.1. The molecule has 2 aromatic carbocycles. The Hall–Kier alpha value is -2.24. The summed E-state index contributed by atoms with van der Waals surface area (Å²) >= 11 is 6.02. The molecule has 1 saturated heterocycles. The number of ether oxygens (including phenoxy) is 1. The summed E-state index contributed by atoms with van der Waals surface area (Å²) in [6.45, 7) is 8.31. The second-order valence-corrected chi connectivity index (χ2v) is 8.50. The zero-order valence-electron chi connectivity index (χ0n) is 17.0. The largest absolute Gasteiger partial charge is 0.494 e. The number of halogens is 1. The molecule has 29 heavy (non-hydrogen) atoms. The average molecular weight is 414 g/mol. The highest BCUT2D eigenvalue weighted by Crippen LogP contribution is 2.27. The van der Waals surface area contributed by atoms with E-state index in [1.165, 1.54) is 5.69 Å². The van der Waals surface area contributed by atoms with E-state index < -0.39 is 0 Å². The Morgan fingerprint density at radius 2 is 1.83 bits per heavy atom. The minimum Gasteiger partial charge on any atom is -0.494 e. The van der Waals surface area contributed by atoms with Crippen LogP contribution < -0.4 is 15.0 Å². The van der Waals surface area contributed by atoms with E-state index in [2.05, 4.69) is 41.1 Å². The van der Waals surface area contributed by atoms with Crippen LogP contribution in [0.3, 0.4) is 0 Å². The molecule has 1 fully saturated rings. The van der Waals surface area contributed by atoms with Crippen molar-refractivity contribution < 1.29 is 9.53 Å². The number of nitrogens with zero attached hydrogens (tertiary/aromatic N) is 2. The van der Waals surface area contributed by atoms with Crippen LogP contribution in [0.5, 0.6) is 5.75 Å². The van der Waals surface area contributed by atoms with Gasteiger partial charge >= 0.3 is 0 Å². The van der Waals surface area contributed by atoms with Crippen molar-refractivity contribution in [2.75, 3.05) is 36.5 Å². The molecule has 5 nitrogen and oxygen atoms in total. The molecule has 154 valence electrons. The third-order valence-electron chi connectivity index (χ3n) is 5.82. The van der Waals surface area contributed by atoms with Gasteiger partial charge in [-0.05, 0) is 68.3 Å². The van der Waals surface area contributed by atoms with Gasteiger partial charge in [-0.2, -0.15) is 0 Å². The zero-order chi connectivity index (χ0) is 20.4. The predicted octanol–water partition coefficient (Wildman–Crippen LogP) is 4.20. The summed E-state index contributed by atoms with van der Waals surface area (Å²) in [6.07, 6.45) is 1.42. The van der Waals surface area contributed by atoms with Crippen LogP contribution in [0.25, 0.3) is 0 Å². The van der Waals surface area contributed by atoms with Crippen molar-refractivity contribution in [3.63, 3.8) is 0 Å².